The number of piperazine rings is 1. The van der Waals surface area contributed by atoms with Crippen molar-refractivity contribution in [3.8, 4) is 41.2 Å². The van der Waals surface area contributed by atoms with Gasteiger partial charge in [0.1, 0.15) is 34.0 Å². The third kappa shape index (κ3) is 5.47. The van der Waals surface area contributed by atoms with Gasteiger partial charge >= 0.3 is 12.2 Å². The van der Waals surface area contributed by atoms with E-state index >= 15 is 4.39 Å². The van der Waals surface area contributed by atoms with Crippen molar-refractivity contribution in [3.63, 3.8) is 0 Å². The van der Waals surface area contributed by atoms with E-state index in [1.54, 1.807) is 0 Å². The first-order valence-corrected chi connectivity index (χ1v) is 17.3. The van der Waals surface area contributed by atoms with Crippen LogP contribution in [0.2, 0.25) is 0 Å². The number of nitrogens with zero attached hydrogens (tertiary/aromatic N) is 5. The number of anilines is 1. The summed E-state index contributed by atoms with van der Waals surface area (Å²) in [6.07, 6.45) is 5.24. The molecule has 2 N–H and O–H groups in total. The van der Waals surface area contributed by atoms with Crippen molar-refractivity contribution in [3.05, 3.63) is 41.5 Å². The topological polar surface area (TPSA) is 95.9 Å². The van der Waals surface area contributed by atoms with Crippen molar-refractivity contribution >= 4 is 27.5 Å². The summed E-state index contributed by atoms with van der Waals surface area (Å²) >= 11 is 0. The van der Waals surface area contributed by atoms with Crippen LogP contribution in [-0.2, 0) is 0 Å². The van der Waals surface area contributed by atoms with Gasteiger partial charge in [-0.2, -0.15) is 23.1 Å². The van der Waals surface area contributed by atoms with Crippen LogP contribution in [0.4, 0.5) is 27.8 Å². The molecule has 2 bridgehead atoms. The van der Waals surface area contributed by atoms with Crippen molar-refractivity contribution in [2.45, 2.75) is 43.9 Å². The maximum Gasteiger partial charge on any atom is 0.392 e. The zero-order valence-corrected chi connectivity index (χ0v) is 27.7. The van der Waals surface area contributed by atoms with Gasteiger partial charge < -0.3 is 29.7 Å². The second kappa shape index (κ2) is 11.5. The summed E-state index contributed by atoms with van der Waals surface area (Å²) < 4.78 is 83.9. The number of phenols is 1. The zero-order chi connectivity index (χ0) is 35.4. The van der Waals surface area contributed by atoms with Gasteiger partial charge in [-0.05, 0) is 61.1 Å². The Hall–Kier alpha value is -4.48. The predicted octanol–water partition coefficient (Wildman–Crippen LogP) is 5.66. The molecule has 2 saturated carbocycles. The van der Waals surface area contributed by atoms with Gasteiger partial charge in [-0.3, -0.25) is 0 Å². The van der Waals surface area contributed by atoms with Gasteiger partial charge in [0.2, 0.25) is 5.88 Å². The maximum absolute atomic E-state index is 17.1. The first kappa shape index (κ1) is 32.4. The number of fused-ring (bicyclic) bond motifs is 5. The van der Waals surface area contributed by atoms with Gasteiger partial charge in [-0.1, -0.05) is 12.0 Å². The quantitative estimate of drug-likeness (QED) is 0.178. The largest absolute Gasteiger partial charge is 0.508 e. The SMILES string of the molecule is C#Cc1c(F)ccc2cc(O)cc(-c3nc(OC)c4c(N5CC6CCC(C5)N6)nc(OCC5(CN6CC7C(C6)C7C(F)(F)F)CC5)nc4c3F)c12. The van der Waals surface area contributed by atoms with Crippen LogP contribution in [0, 0.1) is 47.1 Å². The highest BCUT2D eigenvalue weighted by Gasteiger charge is 2.67. The van der Waals surface area contributed by atoms with Crippen LogP contribution in [0.3, 0.4) is 0 Å². The predicted molar refractivity (Wildman–Crippen MR) is 179 cm³/mol. The molecule has 2 aromatic heterocycles. The number of pyridine rings is 1. The van der Waals surface area contributed by atoms with Crippen molar-refractivity contribution < 1.29 is 36.5 Å². The number of hydrogen-bond donors (Lipinski definition) is 2. The van der Waals surface area contributed by atoms with Crippen LogP contribution in [0.1, 0.15) is 31.2 Å². The van der Waals surface area contributed by atoms with Crippen LogP contribution >= 0.6 is 0 Å². The molecule has 51 heavy (non-hydrogen) atoms. The highest BCUT2D eigenvalue weighted by atomic mass is 19.4. The number of halogens is 5. The van der Waals surface area contributed by atoms with Crippen molar-refractivity contribution in [1.29, 1.82) is 0 Å². The molecule has 9 nitrogen and oxygen atoms in total. The molecule has 266 valence electrons. The minimum Gasteiger partial charge on any atom is -0.508 e. The molecule has 2 aliphatic carbocycles. The lowest BCUT2D eigenvalue weighted by Gasteiger charge is -2.34. The number of methoxy groups -OCH3 is 1. The van der Waals surface area contributed by atoms with Crippen LogP contribution < -0.4 is 19.7 Å². The summed E-state index contributed by atoms with van der Waals surface area (Å²) in [5.74, 6) is -0.796. The third-order valence-electron chi connectivity index (χ3n) is 11.5. The standard InChI is InChI=1S/C37H35F5N6O3/c1-3-22-26(38)7-4-18-10-21(49)11-23(27(18)22)31-30(39)32-28(34(44-31)50-2)33(48-12-19-5-6-20(13-48)43-19)46-35(45-32)51-17-36(8-9-36)16-47-14-24-25(15-47)29(24)37(40,41)42/h1,4,7,10-11,19-20,24-25,29,43,49H,5-6,8-9,12-17H2,2H3. The van der Waals surface area contributed by atoms with Gasteiger partial charge in [0, 0.05) is 61.2 Å². The van der Waals surface area contributed by atoms with Gasteiger partial charge in [-0.25, -0.2) is 13.8 Å². The van der Waals surface area contributed by atoms with E-state index in [2.05, 4.69) is 31.0 Å². The smallest absolute Gasteiger partial charge is 0.392 e. The molecule has 4 aromatic rings. The molecule has 5 fully saturated rings. The summed E-state index contributed by atoms with van der Waals surface area (Å²) in [7, 11) is 1.41. The number of piperidine rings is 1. The summed E-state index contributed by atoms with van der Waals surface area (Å²) in [6, 6.07) is 5.71. The number of ether oxygens (including phenoxy) is 2. The lowest BCUT2D eigenvalue weighted by Crippen LogP contribution is -2.51. The number of terminal acetylenes is 1. The van der Waals surface area contributed by atoms with Gasteiger partial charge in [-0.15, -0.1) is 6.42 Å². The summed E-state index contributed by atoms with van der Waals surface area (Å²) in [6.45, 7) is 2.90. The van der Waals surface area contributed by atoms with Crippen LogP contribution in [0.25, 0.3) is 32.9 Å². The van der Waals surface area contributed by atoms with E-state index in [1.165, 1.54) is 31.4 Å². The van der Waals surface area contributed by atoms with E-state index in [0.717, 1.165) is 25.7 Å². The molecular formula is C37H35F5N6O3. The minimum absolute atomic E-state index is 0.0346. The first-order valence-electron chi connectivity index (χ1n) is 17.3. The van der Waals surface area contributed by atoms with E-state index in [1.807, 2.05) is 0 Å². The van der Waals surface area contributed by atoms with Crippen LogP contribution in [0.15, 0.2) is 24.3 Å². The number of likely N-dealkylation sites (tertiary alicyclic amines) is 1. The average Bonchev–Trinajstić information content (AvgIpc) is 3.94. The van der Waals surface area contributed by atoms with Crippen LogP contribution in [-0.4, -0.2) is 89.7 Å². The number of aromatic nitrogens is 3. The fourth-order valence-corrected chi connectivity index (χ4v) is 8.89. The molecule has 9 rings (SSSR count). The number of phenolic OH excluding ortho intramolecular Hbond substituents is 1. The van der Waals surface area contributed by atoms with Gasteiger partial charge in [0.25, 0.3) is 0 Å². The molecule has 2 aromatic carbocycles. The molecule has 4 atom stereocenters. The molecule has 0 amide bonds. The van der Waals surface area contributed by atoms with Gasteiger partial charge in [0.05, 0.1) is 25.2 Å². The molecule has 14 heteroatoms. The van der Waals surface area contributed by atoms with E-state index < -0.39 is 23.7 Å². The van der Waals surface area contributed by atoms with E-state index in [-0.39, 0.29) is 86.7 Å². The van der Waals surface area contributed by atoms with E-state index in [4.69, 9.17) is 20.9 Å². The summed E-state index contributed by atoms with van der Waals surface area (Å²) in [4.78, 5) is 18.1. The Bertz CT molecular complexity index is 2110. The van der Waals surface area contributed by atoms with E-state index in [9.17, 15) is 22.7 Å². The fraction of sp³-hybridized carbons (Fsp3) is 0.486. The number of nitrogens with one attached hydrogen (secondary N) is 1. The van der Waals surface area contributed by atoms with Crippen LogP contribution in [0.5, 0.6) is 17.6 Å². The molecule has 3 saturated heterocycles. The van der Waals surface area contributed by atoms with E-state index in [0.29, 0.717) is 43.9 Å². The minimum atomic E-state index is -4.14. The summed E-state index contributed by atoms with van der Waals surface area (Å²) in [5.41, 5.74) is -0.675. The number of rotatable bonds is 8. The van der Waals surface area contributed by atoms with Crippen molar-refractivity contribution in [2.24, 2.45) is 23.2 Å². The number of alkyl halides is 3. The Balaban J connectivity index is 1.11. The fourth-order valence-electron chi connectivity index (χ4n) is 8.89. The average molecular weight is 707 g/mol. The van der Waals surface area contributed by atoms with Crippen molar-refractivity contribution in [1.82, 2.24) is 25.2 Å². The molecule has 5 heterocycles. The van der Waals surface area contributed by atoms with Gasteiger partial charge in [0.15, 0.2) is 5.82 Å². The highest BCUT2D eigenvalue weighted by Crippen LogP contribution is 2.60. The lowest BCUT2D eigenvalue weighted by atomic mass is 9.95. The number of aromatic hydroxyl groups is 1. The normalized spacial score (nSPS) is 26.4. The second-order valence-corrected chi connectivity index (χ2v) is 14.9. The number of benzene rings is 2. The molecule has 3 aliphatic heterocycles. The molecule has 0 radical (unpaired) electrons. The lowest BCUT2D eigenvalue weighted by molar-refractivity contribution is -0.157. The Morgan fingerprint density at radius 1 is 1.02 bits per heavy atom. The molecule has 5 aliphatic rings. The molecular weight excluding hydrogens is 671 g/mol. The Morgan fingerprint density at radius 2 is 1.75 bits per heavy atom. The van der Waals surface area contributed by atoms with Crippen molar-refractivity contribution in [2.75, 3.05) is 51.3 Å². The summed E-state index contributed by atoms with van der Waals surface area (Å²) in [5, 5.41) is 15.1. The Morgan fingerprint density at radius 3 is 2.39 bits per heavy atom. The molecule has 0 spiro atoms. The highest BCUT2D eigenvalue weighted by molar-refractivity contribution is 6.04. The third-order valence-corrected chi connectivity index (χ3v) is 11.5. The second-order valence-electron chi connectivity index (χ2n) is 14.9. The Kier molecular flexibility index (Phi) is 7.32. The zero-order valence-electron chi connectivity index (χ0n) is 27.7. The monoisotopic (exact) mass is 706 g/mol. The Labute approximate surface area is 290 Å². The number of hydrogen-bond acceptors (Lipinski definition) is 9. The molecule has 4 unspecified atom stereocenters. The maximum atomic E-state index is 17.1. The first-order chi connectivity index (χ1) is 24.4.